The minimum Gasteiger partial charge on any atom is -0.399 e. The molecule has 112 valence electrons. The van der Waals surface area contributed by atoms with Gasteiger partial charge in [-0.3, -0.25) is 4.79 Å². The van der Waals surface area contributed by atoms with Gasteiger partial charge in [-0.25, -0.2) is 8.78 Å². The van der Waals surface area contributed by atoms with Gasteiger partial charge in [0.05, 0.1) is 6.54 Å². The number of hydrogen-bond donors (Lipinski definition) is 1. The first kappa shape index (κ1) is 16.7. The van der Waals surface area contributed by atoms with Crippen molar-refractivity contribution in [2.45, 2.75) is 38.2 Å². The van der Waals surface area contributed by atoms with E-state index in [1.807, 2.05) is 18.2 Å². The van der Waals surface area contributed by atoms with Gasteiger partial charge in [0.1, 0.15) is 0 Å². The average molecular weight is 305 g/mol. The quantitative estimate of drug-likeness (QED) is 0.821. The number of hydrogen-bond acceptors (Lipinski definition) is 2. The second kappa shape index (κ2) is 7.43. The zero-order chi connectivity index (χ0) is 13.8. The second-order valence-corrected chi connectivity index (χ2v) is 4.87. The van der Waals surface area contributed by atoms with Crippen molar-refractivity contribution in [3.63, 3.8) is 0 Å². The lowest BCUT2D eigenvalue weighted by Gasteiger charge is -2.22. The number of rotatable bonds is 6. The predicted octanol–water partition coefficient (Wildman–Crippen LogP) is 2.88. The minimum absolute atomic E-state index is 0. The molecule has 1 fully saturated rings. The molecule has 20 heavy (non-hydrogen) atoms. The maximum atomic E-state index is 12.4. The monoisotopic (exact) mass is 304 g/mol. The number of amides is 1. The van der Waals surface area contributed by atoms with Crippen LogP contribution in [0.2, 0.25) is 0 Å². The molecule has 1 aromatic carbocycles. The molecule has 6 heteroatoms. The van der Waals surface area contributed by atoms with Gasteiger partial charge >= 0.3 is 0 Å². The summed E-state index contributed by atoms with van der Waals surface area (Å²) in [6.07, 6.45) is -0.0564. The van der Waals surface area contributed by atoms with E-state index in [1.54, 1.807) is 6.07 Å². The SMILES string of the molecule is Cl.Nc1ccccc1CCC(=O)N(CC(F)F)C1CC1. The van der Waals surface area contributed by atoms with E-state index in [9.17, 15) is 13.6 Å². The summed E-state index contributed by atoms with van der Waals surface area (Å²) in [6, 6.07) is 7.34. The third-order valence-corrected chi connectivity index (χ3v) is 3.31. The molecule has 0 unspecified atom stereocenters. The molecule has 0 radical (unpaired) electrons. The molecule has 1 saturated carbocycles. The number of aryl methyl sites for hydroxylation is 1. The van der Waals surface area contributed by atoms with Crippen LogP contribution in [0.3, 0.4) is 0 Å². The molecular weight excluding hydrogens is 286 g/mol. The van der Waals surface area contributed by atoms with Gasteiger partial charge < -0.3 is 10.6 Å². The topological polar surface area (TPSA) is 46.3 Å². The lowest BCUT2D eigenvalue weighted by molar-refractivity contribution is -0.133. The highest BCUT2D eigenvalue weighted by atomic mass is 35.5. The van der Waals surface area contributed by atoms with Gasteiger partial charge in [0.2, 0.25) is 5.91 Å². The zero-order valence-corrected chi connectivity index (χ0v) is 11.9. The van der Waals surface area contributed by atoms with Crippen LogP contribution in [0.1, 0.15) is 24.8 Å². The van der Waals surface area contributed by atoms with Crippen molar-refractivity contribution in [2.75, 3.05) is 12.3 Å². The molecule has 0 saturated heterocycles. The second-order valence-electron chi connectivity index (χ2n) is 4.87. The van der Waals surface area contributed by atoms with Crippen LogP contribution < -0.4 is 5.73 Å². The Balaban J connectivity index is 0.00000200. The van der Waals surface area contributed by atoms with Gasteiger partial charge in [-0.05, 0) is 30.9 Å². The van der Waals surface area contributed by atoms with Crippen LogP contribution in [0.4, 0.5) is 14.5 Å². The summed E-state index contributed by atoms with van der Waals surface area (Å²) in [4.78, 5) is 13.3. The molecule has 1 aliphatic rings. The number of anilines is 1. The normalized spacial score (nSPS) is 13.9. The van der Waals surface area contributed by atoms with Gasteiger partial charge in [0, 0.05) is 18.2 Å². The fourth-order valence-electron chi connectivity index (χ4n) is 2.14. The standard InChI is InChI=1S/C14H18F2N2O.ClH/c15-13(16)9-18(11-6-7-11)14(19)8-5-10-3-1-2-4-12(10)17;/h1-4,11,13H,5-9,17H2;1H. The number of para-hydroxylation sites is 1. The van der Waals surface area contributed by atoms with Crippen molar-refractivity contribution in [2.24, 2.45) is 0 Å². The third-order valence-electron chi connectivity index (χ3n) is 3.31. The summed E-state index contributed by atoms with van der Waals surface area (Å²) in [5.41, 5.74) is 7.32. The van der Waals surface area contributed by atoms with Crippen molar-refractivity contribution in [1.82, 2.24) is 4.90 Å². The molecular formula is C14H19ClF2N2O. The number of nitrogens with zero attached hydrogens (tertiary/aromatic N) is 1. The van der Waals surface area contributed by atoms with Crippen molar-refractivity contribution in [1.29, 1.82) is 0 Å². The Hall–Kier alpha value is -1.36. The lowest BCUT2D eigenvalue weighted by atomic mass is 10.1. The van der Waals surface area contributed by atoms with E-state index < -0.39 is 13.0 Å². The Morgan fingerprint density at radius 2 is 2.00 bits per heavy atom. The summed E-state index contributed by atoms with van der Waals surface area (Å²) < 4.78 is 24.9. The largest absolute Gasteiger partial charge is 0.399 e. The molecule has 2 rings (SSSR count). The molecule has 0 atom stereocenters. The molecule has 1 aromatic rings. The summed E-state index contributed by atoms with van der Waals surface area (Å²) in [5.74, 6) is -0.203. The first-order chi connectivity index (χ1) is 9.08. The molecule has 0 aromatic heterocycles. The Labute approximate surface area is 123 Å². The van der Waals surface area contributed by atoms with Gasteiger partial charge in [-0.2, -0.15) is 0 Å². The van der Waals surface area contributed by atoms with Crippen LogP contribution in [0.15, 0.2) is 24.3 Å². The Kier molecular flexibility index (Phi) is 6.20. The average Bonchev–Trinajstić information content (AvgIpc) is 3.18. The highest BCUT2D eigenvalue weighted by Gasteiger charge is 2.33. The molecule has 0 aliphatic heterocycles. The van der Waals surface area contributed by atoms with E-state index in [0.29, 0.717) is 12.1 Å². The number of nitrogens with two attached hydrogens (primary N) is 1. The van der Waals surface area contributed by atoms with Crippen molar-refractivity contribution in [3.05, 3.63) is 29.8 Å². The molecule has 0 heterocycles. The van der Waals surface area contributed by atoms with Crippen LogP contribution in [-0.4, -0.2) is 29.8 Å². The van der Waals surface area contributed by atoms with Gasteiger partial charge in [0.25, 0.3) is 6.43 Å². The molecule has 0 spiro atoms. The minimum atomic E-state index is -2.47. The summed E-state index contributed by atoms with van der Waals surface area (Å²) in [6.45, 7) is -0.451. The van der Waals surface area contributed by atoms with Gasteiger partial charge in [-0.15, -0.1) is 12.4 Å². The summed E-state index contributed by atoms with van der Waals surface area (Å²) in [7, 11) is 0. The maximum Gasteiger partial charge on any atom is 0.255 e. The summed E-state index contributed by atoms with van der Waals surface area (Å²) in [5, 5.41) is 0. The maximum absolute atomic E-state index is 12.4. The van der Waals surface area contributed by atoms with E-state index in [2.05, 4.69) is 0 Å². The van der Waals surface area contributed by atoms with E-state index in [0.717, 1.165) is 18.4 Å². The summed E-state index contributed by atoms with van der Waals surface area (Å²) >= 11 is 0. The van der Waals surface area contributed by atoms with Crippen LogP contribution in [0.25, 0.3) is 0 Å². The Morgan fingerprint density at radius 1 is 1.35 bits per heavy atom. The molecule has 1 amide bonds. The molecule has 0 bridgehead atoms. The lowest BCUT2D eigenvalue weighted by Crippen LogP contribution is -2.37. The first-order valence-electron chi connectivity index (χ1n) is 6.49. The third kappa shape index (κ3) is 4.63. The Morgan fingerprint density at radius 3 is 2.55 bits per heavy atom. The highest BCUT2D eigenvalue weighted by molar-refractivity contribution is 5.85. The highest BCUT2D eigenvalue weighted by Crippen LogP contribution is 2.28. The van der Waals surface area contributed by atoms with E-state index in [-0.39, 0.29) is 30.8 Å². The van der Waals surface area contributed by atoms with E-state index >= 15 is 0 Å². The number of carbonyl (C=O) groups excluding carboxylic acids is 1. The van der Waals surface area contributed by atoms with Crippen molar-refractivity contribution < 1.29 is 13.6 Å². The van der Waals surface area contributed by atoms with Crippen LogP contribution >= 0.6 is 12.4 Å². The number of benzene rings is 1. The van der Waals surface area contributed by atoms with Gasteiger partial charge in [-0.1, -0.05) is 18.2 Å². The van der Waals surface area contributed by atoms with E-state index in [4.69, 9.17) is 5.73 Å². The predicted molar refractivity (Wildman–Crippen MR) is 77.2 cm³/mol. The zero-order valence-electron chi connectivity index (χ0n) is 11.1. The van der Waals surface area contributed by atoms with Crippen molar-refractivity contribution >= 4 is 24.0 Å². The molecule has 1 aliphatic carbocycles. The van der Waals surface area contributed by atoms with Crippen molar-refractivity contribution in [3.8, 4) is 0 Å². The number of nitrogen functional groups attached to an aromatic ring is 1. The van der Waals surface area contributed by atoms with Crippen LogP contribution in [-0.2, 0) is 11.2 Å². The molecule has 2 N–H and O–H groups in total. The molecule has 3 nitrogen and oxygen atoms in total. The number of alkyl halides is 2. The number of carbonyl (C=O) groups is 1. The number of halogens is 3. The Bertz CT molecular complexity index is 453. The fourth-order valence-corrected chi connectivity index (χ4v) is 2.14. The smallest absolute Gasteiger partial charge is 0.255 e. The van der Waals surface area contributed by atoms with E-state index in [1.165, 1.54) is 4.90 Å². The van der Waals surface area contributed by atoms with Gasteiger partial charge in [0.15, 0.2) is 0 Å². The fraction of sp³-hybridized carbons (Fsp3) is 0.500. The first-order valence-corrected chi connectivity index (χ1v) is 6.49. The van der Waals surface area contributed by atoms with Crippen LogP contribution in [0, 0.1) is 0 Å². The van der Waals surface area contributed by atoms with Crippen LogP contribution in [0.5, 0.6) is 0 Å².